The van der Waals surface area contributed by atoms with Crippen LogP contribution in [0.15, 0.2) is 0 Å². The van der Waals surface area contributed by atoms with Crippen molar-refractivity contribution >= 4 is 28.0 Å². The lowest BCUT2D eigenvalue weighted by Crippen LogP contribution is -2.33. The predicted molar refractivity (Wildman–Crippen MR) is 124 cm³/mol. The first-order valence-corrected chi connectivity index (χ1v) is 13.6. The molecule has 0 amide bonds. The number of carboxylic acids is 1. The third kappa shape index (κ3) is 17.5. The highest BCUT2D eigenvalue weighted by molar-refractivity contribution is 7.87. The van der Waals surface area contributed by atoms with E-state index < -0.39 is 33.7 Å². The Labute approximate surface area is 198 Å². The van der Waals surface area contributed by atoms with Gasteiger partial charge in [0.1, 0.15) is 6.10 Å². The summed E-state index contributed by atoms with van der Waals surface area (Å²) >= 11 is 0. The Balaban J connectivity index is 4.31. The molecule has 0 heterocycles. The highest BCUT2D eigenvalue weighted by Gasteiger charge is 2.34. The van der Waals surface area contributed by atoms with Crippen molar-refractivity contribution in [3.8, 4) is 0 Å². The fourth-order valence-corrected chi connectivity index (χ4v) is 4.17. The molecule has 0 radical (unpaired) electrons. The van der Waals surface area contributed by atoms with Crippen LogP contribution in [0.3, 0.4) is 0 Å². The lowest BCUT2D eigenvalue weighted by Gasteiger charge is -2.19. The molecule has 0 aromatic rings. The van der Waals surface area contributed by atoms with Gasteiger partial charge in [-0.05, 0) is 32.1 Å². The van der Waals surface area contributed by atoms with Gasteiger partial charge in [0, 0.05) is 6.42 Å². The summed E-state index contributed by atoms with van der Waals surface area (Å²) in [6.45, 7) is 2.10. The van der Waals surface area contributed by atoms with E-state index in [1.165, 1.54) is 7.11 Å². The van der Waals surface area contributed by atoms with Gasteiger partial charge in [-0.1, -0.05) is 64.7 Å². The van der Waals surface area contributed by atoms with Crippen molar-refractivity contribution in [1.29, 1.82) is 0 Å². The monoisotopic (exact) mass is 494 g/mol. The minimum atomic E-state index is -4.88. The van der Waals surface area contributed by atoms with E-state index in [1.54, 1.807) is 0 Å². The second-order valence-corrected chi connectivity index (χ2v) is 10.0. The third-order valence-electron chi connectivity index (χ3n) is 5.55. The van der Waals surface area contributed by atoms with Crippen LogP contribution in [-0.2, 0) is 34.0 Å². The van der Waals surface area contributed by atoms with Crippen molar-refractivity contribution in [2.75, 3.05) is 7.11 Å². The molecule has 0 saturated heterocycles. The molecule has 2 unspecified atom stereocenters. The molecule has 194 valence electrons. The number of ether oxygens (including phenoxy) is 2. The third-order valence-corrected chi connectivity index (χ3v) is 6.64. The van der Waals surface area contributed by atoms with E-state index in [4.69, 9.17) is 14.4 Å². The maximum atomic E-state index is 12.1. The fraction of sp³-hybridized carbons (Fsp3) is 0.870. The highest BCUT2D eigenvalue weighted by Crippen LogP contribution is 2.18. The molecule has 0 saturated carbocycles. The van der Waals surface area contributed by atoms with Crippen LogP contribution in [0.25, 0.3) is 0 Å². The average molecular weight is 495 g/mol. The number of carbonyl (C=O) groups is 3. The molecule has 0 rings (SSSR count). The van der Waals surface area contributed by atoms with Gasteiger partial charge in [-0.15, -0.1) is 0 Å². The summed E-state index contributed by atoms with van der Waals surface area (Å²) in [5.41, 5.74) is 0. The van der Waals surface area contributed by atoms with Crippen molar-refractivity contribution in [3.05, 3.63) is 0 Å². The second kappa shape index (κ2) is 18.7. The maximum absolute atomic E-state index is 12.1. The molecule has 33 heavy (non-hydrogen) atoms. The minimum Gasteiger partial charge on any atom is -0.480 e. The number of aliphatic carboxylic acids is 1. The van der Waals surface area contributed by atoms with Gasteiger partial charge in [-0.2, -0.15) is 8.42 Å². The van der Waals surface area contributed by atoms with Crippen LogP contribution in [-0.4, -0.2) is 54.4 Å². The molecular formula is C23H42O9S. The Morgan fingerprint density at radius 2 is 1.27 bits per heavy atom. The summed E-state index contributed by atoms with van der Waals surface area (Å²) < 4.78 is 41.4. The lowest BCUT2D eigenvalue weighted by atomic mass is 10.0. The van der Waals surface area contributed by atoms with Crippen LogP contribution in [0.2, 0.25) is 0 Å². The molecule has 0 aliphatic heterocycles. The lowest BCUT2D eigenvalue weighted by molar-refractivity contribution is -0.152. The molecule has 0 bridgehead atoms. The Kier molecular flexibility index (Phi) is 17.8. The molecule has 0 aromatic carbocycles. The zero-order valence-corrected chi connectivity index (χ0v) is 20.9. The molecule has 0 aliphatic carbocycles. The van der Waals surface area contributed by atoms with Crippen LogP contribution in [0, 0.1) is 0 Å². The average Bonchev–Trinajstić information content (AvgIpc) is 2.74. The van der Waals surface area contributed by atoms with E-state index in [9.17, 15) is 22.8 Å². The quantitative estimate of drug-likeness (QED) is 0.132. The van der Waals surface area contributed by atoms with Gasteiger partial charge in [-0.3, -0.25) is 18.9 Å². The van der Waals surface area contributed by atoms with Gasteiger partial charge in [0.05, 0.1) is 13.5 Å². The van der Waals surface area contributed by atoms with Crippen LogP contribution in [0.1, 0.15) is 110 Å². The first-order valence-electron chi connectivity index (χ1n) is 12.1. The molecule has 2 atom stereocenters. The van der Waals surface area contributed by atoms with E-state index in [2.05, 4.69) is 11.7 Å². The van der Waals surface area contributed by atoms with Gasteiger partial charge in [-0.25, -0.2) is 0 Å². The Morgan fingerprint density at radius 3 is 1.73 bits per heavy atom. The normalized spacial score (nSPS) is 13.3. The summed E-state index contributed by atoms with van der Waals surface area (Å²) in [5.74, 6) is -2.87. The molecule has 9 nitrogen and oxygen atoms in total. The van der Waals surface area contributed by atoms with E-state index in [0.29, 0.717) is 19.3 Å². The van der Waals surface area contributed by atoms with Gasteiger partial charge in [0.25, 0.3) is 10.1 Å². The zero-order valence-electron chi connectivity index (χ0n) is 20.1. The number of methoxy groups -OCH3 is 1. The maximum Gasteiger partial charge on any atom is 0.325 e. The fourth-order valence-electron chi connectivity index (χ4n) is 3.57. The number of unbranched alkanes of at least 4 members (excludes halogenated alkanes) is 10. The van der Waals surface area contributed by atoms with Crippen LogP contribution in [0.5, 0.6) is 0 Å². The highest BCUT2D eigenvalue weighted by atomic mass is 32.2. The van der Waals surface area contributed by atoms with Crippen molar-refractivity contribution in [2.24, 2.45) is 0 Å². The standard InChI is InChI=1S/C23H42O9S/c1-3-4-5-12-15-19(32-22(25)18-20(23(26)27)33(28,29)30)16-13-10-8-6-7-9-11-14-17-21(24)31-2/h19-20H,3-18H2,1-2H3,(H,26,27)(H,28,29,30). The van der Waals surface area contributed by atoms with Crippen molar-refractivity contribution in [2.45, 2.75) is 121 Å². The summed E-state index contributed by atoms with van der Waals surface area (Å²) in [4.78, 5) is 34.2. The number of rotatable bonds is 21. The second-order valence-electron chi connectivity index (χ2n) is 8.45. The molecule has 10 heteroatoms. The Bertz CT molecular complexity index is 661. The van der Waals surface area contributed by atoms with Crippen LogP contribution in [0.4, 0.5) is 0 Å². The number of hydrogen-bond donors (Lipinski definition) is 2. The van der Waals surface area contributed by atoms with Crippen molar-refractivity contribution in [1.82, 2.24) is 0 Å². The number of esters is 2. The Hall–Kier alpha value is -1.68. The molecule has 0 aromatic heterocycles. The number of carboxylic acid groups (broad SMARTS) is 1. The van der Waals surface area contributed by atoms with Crippen LogP contribution < -0.4 is 0 Å². The van der Waals surface area contributed by atoms with E-state index in [1.807, 2.05) is 0 Å². The molecule has 0 spiro atoms. The summed E-state index contributed by atoms with van der Waals surface area (Å²) in [5, 5.41) is 6.74. The largest absolute Gasteiger partial charge is 0.480 e. The number of carbonyl (C=O) groups excluding carboxylic acids is 2. The van der Waals surface area contributed by atoms with Crippen LogP contribution >= 0.6 is 0 Å². The first-order chi connectivity index (χ1) is 15.6. The summed E-state index contributed by atoms with van der Waals surface area (Å²) in [7, 11) is -3.49. The topological polar surface area (TPSA) is 144 Å². The van der Waals surface area contributed by atoms with Gasteiger partial charge < -0.3 is 14.6 Å². The van der Waals surface area contributed by atoms with Gasteiger partial charge in [0.2, 0.25) is 0 Å². The molecule has 2 N–H and O–H groups in total. The molecule has 0 aliphatic rings. The van der Waals surface area contributed by atoms with Gasteiger partial charge in [0.15, 0.2) is 5.25 Å². The van der Waals surface area contributed by atoms with E-state index in [-0.39, 0.29) is 12.1 Å². The predicted octanol–water partition coefficient (Wildman–Crippen LogP) is 4.67. The molecular weight excluding hydrogens is 452 g/mol. The van der Waals surface area contributed by atoms with Crippen molar-refractivity contribution in [3.63, 3.8) is 0 Å². The van der Waals surface area contributed by atoms with E-state index in [0.717, 1.165) is 77.0 Å². The van der Waals surface area contributed by atoms with Crippen molar-refractivity contribution < 1.29 is 41.9 Å². The molecule has 0 fully saturated rings. The van der Waals surface area contributed by atoms with Gasteiger partial charge >= 0.3 is 17.9 Å². The Morgan fingerprint density at radius 1 is 0.788 bits per heavy atom. The number of hydrogen-bond acceptors (Lipinski definition) is 7. The summed E-state index contributed by atoms with van der Waals surface area (Å²) in [6.07, 6.45) is 12.5. The zero-order chi connectivity index (χ0) is 25.1. The SMILES string of the molecule is CCCCCCC(CCCCCCCCCCC(=O)OC)OC(=O)CC(C(=O)O)S(=O)(=O)O. The minimum absolute atomic E-state index is 0.170. The summed E-state index contributed by atoms with van der Waals surface area (Å²) in [6, 6.07) is 0. The first kappa shape index (κ1) is 31.3. The van der Waals surface area contributed by atoms with E-state index >= 15 is 0 Å². The smallest absolute Gasteiger partial charge is 0.325 e.